The average Bonchev–Trinajstić information content (AvgIpc) is 2.63. The molecule has 0 bridgehead atoms. The monoisotopic (exact) mass is 240 g/mol. The Morgan fingerprint density at radius 1 is 1.41 bits per heavy atom. The highest BCUT2D eigenvalue weighted by Crippen LogP contribution is 2.08. The van der Waals surface area contributed by atoms with Crippen molar-refractivity contribution in [2.75, 3.05) is 13.1 Å². The average molecular weight is 240 g/mol. The maximum absolute atomic E-state index is 9.84. The van der Waals surface area contributed by atoms with Crippen LogP contribution in [0.3, 0.4) is 0 Å². The fraction of sp³-hybridized carbons (Fsp3) is 0.833. The number of aliphatic hydroxyl groups is 1. The summed E-state index contributed by atoms with van der Waals surface area (Å²) in [6.07, 6.45) is 2.65. The first-order valence-electron chi connectivity index (χ1n) is 6.27. The van der Waals surface area contributed by atoms with E-state index in [4.69, 9.17) is 0 Å². The number of likely N-dealkylation sites (N-methyl/N-ethyl adjacent to an activating group) is 1. The number of hydrogen-bond acceptors (Lipinski definition) is 4. The predicted octanol–water partition coefficient (Wildman–Crippen LogP) is 1.28. The second kappa shape index (κ2) is 6.12. The fourth-order valence-electron chi connectivity index (χ4n) is 1.84. The number of aryl methyl sites for hydroxylation is 1. The van der Waals surface area contributed by atoms with Gasteiger partial charge in [-0.15, -0.1) is 0 Å². The highest BCUT2D eigenvalue weighted by atomic mass is 16.3. The van der Waals surface area contributed by atoms with Gasteiger partial charge < -0.3 is 5.11 Å². The lowest BCUT2D eigenvalue weighted by Crippen LogP contribution is -2.38. The van der Waals surface area contributed by atoms with Gasteiger partial charge >= 0.3 is 0 Å². The lowest BCUT2D eigenvalue weighted by Gasteiger charge is -2.27. The van der Waals surface area contributed by atoms with Gasteiger partial charge in [0.2, 0.25) is 0 Å². The Hall–Kier alpha value is -0.940. The second-order valence-corrected chi connectivity index (χ2v) is 5.02. The fourth-order valence-corrected chi connectivity index (χ4v) is 1.84. The van der Waals surface area contributed by atoms with Crippen LogP contribution < -0.4 is 0 Å². The van der Waals surface area contributed by atoms with E-state index < -0.39 is 5.60 Å². The Morgan fingerprint density at radius 3 is 2.65 bits per heavy atom. The normalized spacial score (nSPS) is 12.4. The van der Waals surface area contributed by atoms with Crippen molar-refractivity contribution in [1.29, 1.82) is 0 Å². The van der Waals surface area contributed by atoms with Crippen LogP contribution in [0, 0.1) is 0 Å². The van der Waals surface area contributed by atoms with E-state index in [0.29, 0.717) is 6.54 Å². The quantitative estimate of drug-likeness (QED) is 0.780. The SMILES string of the molecule is CCCn1ncnc1CN(CC)CC(C)(C)O. The summed E-state index contributed by atoms with van der Waals surface area (Å²) in [5.74, 6) is 0.970. The molecule has 0 radical (unpaired) electrons. The molecule has 0 aliphatic carbocycles. The molecule has 5 heteroatoms. The summed E-state index contributed by atoms with van der Waals surface area (Å²) in [6.45, 7) is 11.0. The minimum Gasteiger partial charge on any atom is -0.389 e. The molecule has 0 spiro atoms. The summed E-state index contributed by atoms with van der Waals surface area (Å²) in [5.41, 5.74) is -0.675. The van der Waals surface area contributed by atoms with Gasteiger partial charge in [0, 0.05) is 13.1 Å². The number of hydrogen-bond donors (Lipinski definition) is 1. The number of rotatable bonds is 7. The van der Waals surface area contributed by atoms with Crippen LogP contribution in [-0.4, -0.2) is 43.5 Å². The molecule has 17 heavy (non-hydrogen) atoms. The third kappa shape index (κ3) is 4.83. The van der Waals surface area contributed by atoms with Crippen molar-refractivity contribution in [2.45, 2.75) is 52.8 Å². The lowest BCUT2D eigenvalue weighted by atomic mass is 10.1. The Balaban J connectivity index is 2.63. The van der Waals surface area contributed by atoms with Gasteiger partial charge in [-0.2, -0.15) is 5.10 Å². The molecule has 98 valence electrons. The molecule has 0 aliphatic rings. The van der Waals surface area contributed by atoms with Crippen molar-refractivity contribution >= 4 is 0 Å². The molecule has 1 N–H and O–H groups in total. The molecule has 0 atom stereocenters. The summed E-state index contributed by atoms with van der Waals surface area (Å²) in [7, 11) is 0. The maximum Gasteiger partial charge on any atom is 0.141 e. The highest BCUT2D eigenvalue weighted by Gasteiger charge is 2.18. The third-order valence-electron chi connectivity index (χ3n) is 2.55. The van der Waals surface area contributed by atoms with Crippen LogP contribution in [0.25, 0.3) is 0 Å². The first-order valence-corrected chi connectivity index (χ1v) is 6.27. The molecule has 0 fully saturated rings. The van der Waals surface area contributed by atoms with E-state index in [1.165, 1.54) is 0 Å². The molecular formula is C12H24N4O. The first-order chi connectivity index (χ1) is 7.96. The zero-order valence-corrected chi connectivity index (χ0v) is 11.3. The Kier molecular flexibility index (Phi) is 5.08. The van der Waals surface area contributed by atoms with Gasteiger partial charge in [-0.3, -0.25) is 4.90 Å². The molecule has 0 saturated carbocycles. The van der Waals surface area contributed by atoms with Gasteiger partial charge in [0.1, 0.15) is 12.2 Å². The molecule has 1 heterocycles. The van der Waals surface area contributed by atoms with Crippen LogP contribution in [0.15, 0.2) is 6.33 Å². The van der Waals surface area contributed by atoms with Crippen molar-refractivity contribution in [2.24, 2.45) is 0 Å². The minimum absolute atomic E-state index is 0.641. The molecule has 0 amide bonds. The van der Waals surface area contributed by atoms with Crippen LogP contribution >= 0.6 is 0 Å². The Labute approximate surface area is 103 Å². The van der Waals surface area contributed by atoms with Crippen LogP contribution in [0.1, 0.15) is 39.9 Å². The summed E-state index contributed by atoms with van der Waals surface area (Å²) in [4.78, 5) is 6.46. The zero-order chi connectivity index (χ0) is 12.9. The van der Waals surface area contributed by atoms with E-state index >= 15 is 0 Å². The molecule has 0 aromatic carbocycles. The molecular weight excluding hydrogens is 216 g/mol. The van der Waals surface area contributed by atoms with Crippen molar-refractivity contribution in [1.82, 2.24) is 19.7 Å². The van der Waals surface area contributed by atoms with Crippen molar-refractivity contribution in [3.63, 3.8) is 0 Å². The van der Waals surface area contributed by atoms with Gasteiger partial charge in [0.05, 0.1) is 12.1 Å². The first kappa shape index (κ1) is 14.1. The molecule has 0 unspecified atom stereocenters. The van der Waals surface area contributed by atoms with Crippen LogP contribution in [0.5, 0.6) is 0 Å². The van der Waals surface area contributed by atoms with E-state index in [1.54, 1.807) is 6.33 Å². The zero-order valence-electron chi connectivity index (χ0n) is 11.3. The van der Waals surface area contributed by atoms with Gasteiger partial charge in [-0.25, -0.2) is 9.67 Å². The topological polar surface area (TPSA) is 54.2 Å². The molecule has 1 aromatic rings. The van der Waals surface area contributed by atoms with Crippen LogP contribution in [0.4, 0.5) is 0 Å². The van der Waals surface area contributed by atoms with E-state index in [9.17, 15) is 5.11 Å². The molecule has 1 aromatic heterocycles. The van der Waals surface area contributed by atoms with E-state index in [-0.39, 0.29) is 0 Å². The van der Waals surface area contributed by atoms with Gasteiger partial charge in [0.25, 0.3) is 0 Å². The van der Waals surface area contributed by atoms with Gasteiger partial charge in [-0.05, 0) is 26.8 Å². The number of nitrogens with zero attached hydrogens (tertiary/aromatic N) is 4. The predicted molar refractivity (Wildman–Crippen MR) is 67.6 cm³/mol. The maximum atomic E-state index is 9.84. The second-order valence-electron chi connectivity index (χ2n) is 5.02. The van der Waals surface area contributed by atoms with E-state index in [2.05, 4.69) is 28.8 Å². The van der Waals surface area contributed by atoms with Crippen LogP contribution in [-0.2, 0) is 13.1 Å². The van der Waals surface area contributed by atoms with Crippen molar-refractivity contribution < 1.29 is 5.11 Å². The van der Waals surface area contributed by atoms with E-state index in [1.807, 2.05) is 18.5 Å². The standard InChI is InChI=1S/C12H24N4O/c1-5-7-16-11(13-10-14-16)8-15(6-2)9-12(3,4)17/h10,17H,5-9H2,1-4H3. The van der Waals surface area contributed by atoms with Gasteiger partial charge in [-0.1, -0.05) is 13.8 Å². The van der Waals surface area contributed by atoms with Crippen molar-refractivity contribution in [3.05, 3.63) is 12.2 Å². The Bertz CT molecular complexity index is 329. The molecule has 0 saturated heterocycles. The van der Waals surface area contributed by atoms with Crippen molar-refractivity contribution in [3.8, 4) is 0 Å². The largest absolute Gasteiger partial charge is 0.389 e. The lowest BCUT2D eigenvalue weighted by molar-refractivity contribution is 0.0341. The highest BCUT2D eigenvalue weighted by molar-refractivity contribution is 4.86. The molecule has 0 aliphatic heterocycles. The molecule has 5 nitrogen and oxygen atoms in total. The molecule has 1 rings (SSSR count). The summed E-state index contributed by atoms with van der Waals surface area (Å²) < 4.78 is 1.94. The summed E-state index contributed by atoms with van der Waals surface area (Å²) in [6, 6.07) is 0. The minimum atomic E-state index is -0.675. The Morgan fingerprint density at radius 2 is 2.12 bits per heavy atom. The summed E-state index contributed by atoms with van der Waals surface area (Å²) >= 11 is 0. The summed E-state index contributed by atoms with van der Waals surface area (Å²) in [5, 5.41) is 14.0. The van der Waals surface area contributed by atoms with E-state index in [0.717, 1.165) is 31.9 Å². The third-order valence-corrected chi connectivity index (χ3v) is 2.55. The number of aromatic nitrogens is 3. The smallest absolute Gasteiger partial charge is 0.141 e. The van der Waals surface area contributed by atoms with Gasteiger partial charge in [0.15, 0.2) is 0 Å². The van der Waals surface area contributed by atoms with Crippen LogP contribution in [0.2, 0.25) is 0 Å².